The molecule has 0 radical (unpaired) electrons. The number of hydrogen-bond acceptors (Lipinski definition) is 3. The van der Waals surface area contributed by atoms with Crippen LogP contribution in [0.15, 0.2) is 12.3 Å². The van der Waals surface area contributed by atoms with Gasteiger partial charge in [0, 0.05) is 19.2 Å². The summed E-state index contributed by atoms with van der Waals surface area (Å²) in [5.41, 5.74) is 2.14. The Morgan fingerprint density at radius 1 is 1.55 bits per heavy atom. The number of alkyl halides is 3. The summed E-state index contributed by atoms with van der Waals surface area (Å²) in [6.45, 7) is 0.0892. The minimum absolute atomic E-state index is 0.0342. The Hall–Kier alpha value is -1.34. The van der Waals surface area contributed by atoms with E-state index in [1.165, 1.54) is 5.01 Å². The highest BCUT2D eigenvalue weighted by atomic mass is 35.5. The molecule has 2 rings (SSSR count). The molecule has 1 aromatic heterocycles. The van der Waals surface area contributed by atoms with Crippen LogP contribution in [0.3, 0.4) is 0 Å². The first-order valence-electron chi connectivity index (χ1n) is 6.01. The van der Waals surface area contributed by atoms with Gasteiger partial charge in [-0.25, -0.2) is 5.43 Å². The van der Waals surface area contributed by atoms with Crippen molar-refractivity contribution in [3.8, 4) is 0 Å². The number of pyridine rings is 1. The van der Waals surface area contributed by atoms with E-state index in [1.54, 1.807) is 7.05 Å². The van der Waals surface area contributed by atoms with Crippen molar-refractivity contribution < 1.29 is 18.0 Å². The predicted octanol–water partition coefficient (Wildman–Crippen LogP) is 2.63. The summed E-state index contributed by atoms with van der Waals surface area (Å²) in [5, 5.41) is 1.24. The van der Waals surface area contributed by atoms with Crippen molar-refractivity contribution in [1.82, 2.24) is 15.4 Å². The molecule has 0 aliphatic heterocycles. The molecular formula is C12H13ClF3N3O. The summed E-state index contributed by atoms with van der Waals surface area (Å²) in [7, 11) is 1.57. The fourth-order valence-corrected chi connectivity index (χ4v) is 1.86. The quantitative estimate of drug-likeness (QED) is 0.870. The maximum absolute atomic E-state index is 12.4. The van der Waals surface area contributed by atoms with Crippen LogP contribution in [0.5, 0.6) is 0 Å². The smallest absolute Gasteiger partial charge is 0.281 e. The molecule has 0 unspecified atom stereocenters. The minimum Gasteiger partial charge on any atom is -0.281 e. The Balaban J connectivity index is 1.97. The van der Waals surface area contributed by atoms with Gasteiger partial charge in [-0.1, -0.05) is 11.6 Å². The molecule has 0 aromatic carbocycles. The van der Waals surface area contributed by atoms with E-state index in [1.807, 2.05) is 0 Å². The number of aromatic nitrogens is 1. The van der Waals surface area contributed by atoms with Crippen LogP contribution in [0, 0.1) is 5.92 Å². The van der Waals surface area contributed by atoms with Crippen molar-refractivity contribution in [2.24, 2.45) is 5.92 Å². The third kappa shape index (κ3) is 3.61. The minimum atomic E-state index is -4.47. The topological polar surface area (TPSA) is 45.2 Å². The molecule has 1 aliphatic carbocycles. The van der Waals surface area contributed by atoms with E-state index < -0.39 is 11.7 Å². The average molecular weight is 308 g/mol. The summed E-state index contributed by atoms with van der Waals surface area (Å²) in [5.74, 6) is 0.0246. The number of carbonyl (C=O) groups is 1. The third-order valence-electron chi connectivity index (χ3n) is 2.99. The number of hydrazine groups is 1. The second-order valence-electron chi connectivity index (χ2n) is 4.66. The molecule has 8 heteroatoms. The van der Waals surface area contributed by atoms with Gasteiger partial charge < -0.3 is 0 Å². The molecule has 0 atom stereocenters. The lowest BCUT2D eigenvalue weighted by Gasteiger charge is -2.18. The predicted molar refractivity (Wildman–Crippen MR) is 66.6 cm³/mol. The van der Waals surface area contributed by atoms with Crippen molar-refractivity contribution in [3.05, 3.63) is 28.5 Å². The lowest BCUT2D eigenvalue weighted by molar-refractivity contribution is -0.137. The van der Waals surface area contributed by atoms with E-state index in [4.69, 9.17) is 11.6 Å². The van der Waals surface area contributed by atoms with E-state index >= 15 is 0 Å². The van der Waals surface area contributed by atoms with Gasteiger partial charge in [-0.15, -0.1) is 0 Å². The van der Waals surface area contributed by atoms with Crippen LogP contribution in [0.4, 0.5) is 13.2 Å². The van der Waals surface area contributed by atoms with Crippen LogP contribution < -0.4 is 5.43 Å². The summed E-state index contributed by atoms with van der Waals surface area (Å²) < 4.78 is 37.3. The molecule has 1 heterocycles. The molecule has 1 aliphatic rings. The van der Waals surface area contributed by atoms with Crippen LogP contribution in [-0.2, 0) is 17.5 Å². The lowest BCUT2D eigenvalue weighted by atomic mass is 10.2. The number of carbonyl (C=O) groups excluding carboxylic acids is 1. The van der Waals surface area contributed by atoms with Crippen LogP contribution >= 0.6 is 11.6 Å². The SMILES string of the molecule is CN(NCc1ncc(C(F)(F)F)cc1Cl)C(=O)C1CC1. The van der Waals surface area contributed by atoms with E-state index in [9.17, 15) is 18.0 Å². The Morgan fingerprint density at radius 3 is 2.70 bits per heavy atom. The van der Waals surface area contributed by atoms with Gasteiger partial charge in [0.25, 0.3) is 0 Å². The first kappa shape index (κ1) is 15.1. The normalized spacial score (nSPS) is 15.2. The van der Waals surface area contributed by atoms with Crippen molar-refractivity contribution in [2.45, 2.75) is 25.6 Å². The summed E-state index contributed by atoms with van der Waals surface area (Å²) in [4.78, 5) is 15.3. The van der Waals surface area contributed by atoms with Crippen molar-refractivity contribution >= 4 is 17.5 Å². The first-order chi connectivity index (χ1) is 9.29. The molecule has 4 nitrogen and oxygen atoms in total. The largest absolute Gasteiger partial charge is 0.417 e. The molecule has 1 aromatic rings. The zero-order valence-electron chi connectivity index (χ0n) is 10.7. The third-order valence-corrected chi connectivity index (χ3v) is 3.31. The molecule has 1 fully saturated rings. The van der Waals surface area contributed by atoms with Crippen molar-refractivity contribution in [3.63, 3.8) is 0 Å². The number of nitrogens with one attached hydrogen (secondary N) is 1. The molecule has 0 spiro atoms. The van der Waals surface area contributed by atoms with Gasteiger partial charge in [-0.3, -0.25) is 14.8 Å². The number of amides is 1. The van der Waals surface area contributed by atoms with Crippen molar-refractivity contribution in [1.29, 1.82) is 0 Å². The monoisotopic (exact) mass is 307 g/mol. The maximum Gasteiger partial charge on any atom is 0.417 e. The number of nitrogens with zero attached hydrogens (tertiary/aromatic N) is 2. The molecule has 1 saturated carbocycles. The highest BCUT2D eigenvalue weighted by molar-refractivity contribution is 6.31. The molecule has 0 saturated heterocycles. The molecule has 0 bridgehead atoms. The number of rotatable bonds is 4. The number of halogens is 4. The van der Waals surface area contributed by atoms with E-state index in [2.05, 4.69) is 10.4 Å². The first-order valence-corrected chi connectivity index (χ1v) is 6.39. The van der Waals surface area contributed by atoms with Gasteiger partial charge >= 0.3 is 6.18 Å². The van der Waals surface area contributed by atoms with Crippen molar-refractivity contribution in [2.75, 3.05) is 7.05 Å². The molecule has 1 amide bonds. The fraction of sp³-hybridized carbons (Fsp3) is 0.500. The molecule has 1 N–H and O–H groups in total. The molecule has 20 heavy (non-hydrogen) atoms. The highest BCUT2D eigenvalue weighted by Crippen LogP contribution is 2.31. The zero-order chi connectivity index (χ0) is 14.9. The van der Waals surface area contributed by atoms with Crippen LogP contribution in [0.1, 0.15) is 24.1 Å². The van der Waals surface area contributed by atoms with Gasteiger partial charge in [0.15, 0.2) is 0 Å². The number of hydrogen-bond donors (Lipinski definition) is 1. The van der Waals surface area contributed by atoms with E-state index in [0.29, 0.717) is 0 Å². The van der Waals surface area contributed by atoms with Crippen LogP contribution in [0.2, 0.25) is 5.02 Å². The second-order valence-corrected chi connectivity index (χ2v) is 5.06. The Kier molecular flexibility index (Phi) is 4.19. The molecular weight excluding hydrogens is 295 g/mol. The Morgan fingerprint density at radius 2 is 2.20 bits per heavy atom. The lowest BCUT2D eigenvalue weighted by Crippen LogP contribution is -2.40. The second kappa shape index (κ2) is 5.57. The standard InChI is InChI=1S/C12H13ClF3N3O/c1-19(11(20)7-2-3-7)18-6-10-9(13)4-8(5-17-10)12(14,15)16/h4-5,7,18H,2-3,6H2,1H3. The van der Waals surface area contributed by atoms with Crippen LogP contribution in [-0.4, -0.2) is 22.9 Å². The van der Waals surface area contributed by atoms with Gasteiger partial charge in [-0.2, -0.15) is 13.2 Å². The Labute approximate surface area is 118 Å². The fourth-order valence-electron chi connectivity index (χ4n) is 1.63. The maximum atomic E-state index is 12.4. The van der Waals surface area contributed by atoms with Crippen LogP contribution in [0.25, 0.3) is 0 Å². The van der Waals surface area contributed by atoms with Gasteiger partial charge in [0.1, 0.15) is 0 Å². The zero-order valence-corrected chi connectivity index (χ0v) is 11.4. The summed E-state index contributed by atoms with van der Waals surface area (Å²) in [6, 6.07) is 0.828. The van der Waals surface area contributed by atoms with Gasteiger partial charge in [-0.05, 0) is 18.9 Å². The molecule has 110 valence electrons. The summed E-state index contributed by atoms with van der Waals surface area (Å²) >= 11 is 5.77. The van der Waals surface area contributed by atoms with Gasteiger partial charge in [0.2, 0.25) is 5.91 Å². The Bertz CT molecular complexity index is 517. The van der Waals surface area contributed by atoms with E-state index in [-0.39, 0.29) is 29.1 Å². The van der Waals surface area contributed by atoms with E-state index in [0.717, 1.165) is 25.1 Å². The highest BCUT2D eigenvalue weighted by Gasteiger charge is 2.33. The average Bonchev–Trinajstić information content (AvgIpc) is 3.19. The summed E-state index contributed by atoms with van der Waals surface area (Å²) in [6.07, 6.45) is -1.98. The van der Waals surface area contributed by atoms with Gasteiger partial charge in [0.05, 0.1) is 22.8 Å².